The van der Waals surface area contributed by atoms with Crippen LogP contribution >= 0.6 is 0 Å². The molecule has 0 saturated heterocycles. The molecule has 118 valence electrons. The molecule has 0 radical (unpaired) electrons. The summed E-state index contributed by atoms with van der Waals surface area (Å²) in [4.78, 5) is 34.6. The Morgan fingerprint density at radius 1 is 0.864 bits per heavy atom. The molecule has 1 aromatic carbocycles. The van der Waals surface area contributed by atoms with Crippen LogP contribution in [0.15, 0.2) is 24.3 Å². The summed E-state index contributed by atoms with van der Waals surface area (Å²) in [7, 11) is 0. The van der Waals surface area contributed by atoms with E-state index in [1.165, 1.54) is 13.3 Å². The van der Waals surface area contributed by atoms with Gasteiger partial charge in [0.15, 0.2) is 0 Å². The van der Waals surface area contributed by atoms with Crippen molar-refractivity contribution in [2.24, 2.45) is 0 Å². The summed E-state index contributed by atoms with van der Waals surface area (Å²) in [6.45, 7) is 1.42. The summed E-state index contributed by atoms with van der Waals surface area (Å²) < 4.78 is 0. The number of carbonyl (C=O) groups is 3. The van der Waals surface area contributed by atoms with E-state index >= 15 is 0 Å². The molecular weight excluding hydrogens is 282 g/mol. The zero-order valence-electron chi connectivity index (χ0n) is 12.6. The molecule has 0 unspecified atom stereocenters. The van der Waals surface area contributed by atoms with Crippen LogP contribution in [-0.2, 0) is 14.4 Å². The molecule has 0 heterocycles. The highest BCUT2D eigenvalue weighted by molar-refractivity contribution is 6.39. The first-order chi connectivity index (χ1) is 10.5. The van der Waals surface area contributed by atoms with E-state index in [1.807, 2.05) is 0 Å². The van der Waals surface area contributed by atoms with Crippen LogP contribution in [0.4, 0.5) is 11.4 Å². The molecule has 1 aliphatic rings. The summed E-state index contributed by atoms with van der Waals surface area (Å²) in [5.74, 6) is -1.43. The maximum atomic E-state index is 11.9. The van der Waals surface area contributed by atoms with E-state index in [1.54, 1.807) is 24.3 Å². The second kappa shape index (κ2) is 7.59. The minimum absolute atomic E-state index is 0.106. The third-order valence-electron chi connectivity index (χ3n) is 3.61. The Balaban J connectivity index is 1.85. The van der Waals surface area contributed by atoms with Crippen LogP contribution in [0.5, 0.6) is 0 Å². The summed E-state index contributed by atoms with van der Waals surface area (Å²) in [5.41, 5.74) is 1.15. The largest absolute Gasteiger partial charge is 0.345 e. The van der Waals surface area contributed by atoms with Gasteiger partial charge in [-0.2, -0.15) is 0 Å². The Kier molecular flexibility index (Phi) is 5.52. The normalized spacial score (nSPS) is 15.0. The fourth-order valence-electron chi connectivity index (χ4n) is 2.53. The summed E-state index contributed by atoms with van der Waals surface area (Å²) in [6, 6.07) is 6.70. The lowest BCUT2D eigenvalue weighted by Crippen LogP contribution is -2.42. The van der Waals surface area contributed by atoms with Gasteiger partial charge in [0.25, 0.3) is 0 Å². The van der Waals surface area contributed by atoms with Crippen molar-refractivity contribution in [3.05, 3.63) is 24.3 Å². The Hall–Kier alpha value is -2.37. The molecular formula is C16H21N3O3. The highest BCUT2D eigenvalue weighted by Crippen LogP contribution is 2.17. The molecule has 1 aromatic rings. The number of anilines is 2. The maximum absolute atomic E-state index is 11.9. The number of rotatable bonds is 3. The molecule has 0 bridgehead atoms. The Bertz CT molecular complexity index is 548. The molecule has 3 N–H and O–H groups in total. The van der Waals surface area contributed by atoms with Crippen LogP contribution in [0.2, 0.25) is 0 Å². The first-order valence-corrected chi connectivity index (χ1v) is 7.54. The fourth-order valence-corrected chi connectivity index (χ4v) is 2.53. The van der Waals surface area contributed by atoms with Crippen molar-refractivity contribution in [3.8, 4) is 0 Å². The molecule has 3 amide bonds. The molecule has 0 aliphatic heterocycles. The van der Waals surface area contributed by atoms with E-state index < -0.39 is 11.8 Å². The minimum Gasteiger partial charge on any atom is -0.345 e. The van der Waals surface area contributed by atoms with E-state index in [2.05, 4.69) is 16.0 Å². The van der Waals surface area contributed by atoms with Gasteiger partial charge < -0.3 is 16.0 Å². The molecule has 1 aliphatic carbocycles. The average Bonchev–Trinajstić information content (AvgIpc) is 2.49. The molecule has 6 heteroatoms. The van der Waals surface area contributed by atoms with Crippen LogP contribution in [-0.4, -0.2) is 23.8 Å². The van der Waals surface area contributed by atoms with Gasteiger partial charge in [-0.05, 0) is 37.1 Å². The van der Waals surface area contributed by atoms with Gasteiger partial charge in [-0.1, -0.05) is 19.3 Å². The SMILES string of the molecule is CC(=O)Nc1ccc(NC(=O)C(=O)NC2CCCCC2)cc1. The molecule has 0 atom stereocenters. The summed E-state index contributed by atoms with van der Waals surface area (Å²) >= 11 is 0. The van der Waals surface area contributed by atoms with Crippen molar-refractivity contribution in [1.82, 2.24) is 5.32 Å². The average molecular weight is 303 g/mol. The first-order valence-electron chi connectivity index (χ1n) is 7.54. The quantitative estimate of drug-likeness (QED) is 0.747. The van der Waals surface area contributed by atoms with Crippen LogP contribution in [0, 0.1) is 0 Å². The van der Waals surface area contributed by atoms with E-state index in [-0.39, 0.29) is 11.9 Å². The third kappa shape index (κ3) is 4.87. The van der Waals surface area contributed by atoms with Gasteiger partial charge in [0.1, 0.15) is 0 Å². The molecule has 22 heavy (non-hydrogen) atoms. The minimum atomic E-state index is -0.669. The predicted molar refractivity (Wildman–Crippen MR) is 84.4 cm³/mol. The van der Waals surface area contributed by atoms with Crippen LogP contribution < -0.4 is 16.0 Å². The van der Waals surface area contributed by atoms with Crippen molar-refractivity contribution < 1.29 is 14.4 Å². The summed E-state index contributed by atoms with van der Waals surface area (Å²) in [6.07, 6.45) is 5.25. The smallest absolute Gasteiger partial charge is 0.313 e. The number of hydrogen-bond acceptors (Lipinski definition) is 3. The maximum Gasteiger partial charge on any atom is 0.313 e. The number of benzene rings is 1. The number of nitrogens with one attached hydrogen (secondary N) is 3. The van der Waals surface area contributed by atoms with Gasteiger partial charge in [-0.15, -0.1) is 0 Å². The zero-order chi connectivity index (χ0) is 15.9. The van der Waals surface area contributed by atoms with Gasteiger partial charge >= 0.3 is 11.8 Å². The van der Waals surface area contributed by atoms with Gasteiger partial charge in [0.2, 0.25) is 5.91 Å². The second-order valence-electron chi connectivity index (χ2n) is 5.52. The van der Waals surface area contributed by atoms with Crippen molar-refractivity contribution in [2.75, 3.05) is 10.6 Å². The lowest BCUT2D eigenvalue weighted by atomic mass is 9.95. The first kappa shape index (κ1) is 16.0. The van der Waals surface area contributed by atoms with E-state index in [0.29, 0.717) is 11.4 Å². The van der Waals surface area contributed by atoms with E-state index in [9.17, 15) is 14.4 Å². The molecule has 6 nitrogen and oxygen atoms in total. The zero-order valence-corrected chi connectivity index (χ0v) is 12.6. The Morgan fingerprint density at radius 2 is 1.41 bits per heavy atom. The van der Waals surface area contributed by atoms with Gasteiger partial charge in [-0.25, -0.2) is 0 Å². The summed E-state index contributed by atoms with van der Waals surface area (Å²) in [5, 5.41) is 7.95. The molecule has 1 fully saturated rings. The van der Waals surface area contributed by atoms with Gasteiger partial charge in [0.05, 0.1) is 0 Å². The monoisotopic (exact) mass is 303 g/mol. The Morgan fingerprint density at radius 3 is 1.95 bits per heavy atom. The van der Waals surface area contributed by atoms with Gasteiger partial charge in [-0.3, -0.25) is 14.4 Å². The number of amides is 3. The van der Waals surface area contributed by atoms with Crippen molar-refractivity contribution >= 4 is 29.1 Å². The molecule has 0 aromatic heterocycles. The van der Waals surface area contributed by atoms with Gasteiger partial charge in [0, 0.05) is 24.3 Å². The van der Waals surface area contributed by atoms with Crippen molar-refractivity contribution in [3.63, 3.8) is 0 Å². The number of carbonyl (C=O) groups excluding carboxylic acids is 3. The van der Waals surface area contributed by atoms with Crippen molar-refractivity contribution in [2.45, 2.75) is 45.1 Å². The third-order valence-corrected chi connectivity index (χ3v) is 3.61. The molecule has 0 spiro atoms. The highest BCUT2D eigenvalue weighted by atomic mass is 16.2. The van der Waals surface area contributed by atoms with Crippen molar-refractivity contribution in [1.29, 1.82) is 0 Å². The second-order valence-corrected chi connectivity index (χ2v) is 5.52. The van der Waals surface area contributed by atoms with Crippen LogP contribution in [0.25, 0.3) is 0 Å². The van der Waals surface area contributed by atoms with Crippen LogP contribution in [0.1, 0.15) is 39.0 Å². The lowest BCUT2D eigenvalue weighted by molar-refractivity contribution is -0.136. The molecule has 2 rings (SSSR count). The number of hydrogen-bond donors (Lipinski definition) is 3. The fraction of sp³-hybridized carbons (Fsp3) is 0.438. The predicted octanol–water partition coefficient (Wildman–Crippen LogP) is 2.03. The Labute approximate surface area is 129 Å². The standard InChI is InChI=1S/C16H21N3O3/c1-11(20)17-13-7-9-14(10-8-13)19-16(22)15(21)18-12-5-3-2-4-6-12/h7-10,12H,2-6H2,1H3,(H,17,20)(H,18,21)(H,19,22). The topological polar surface area (TPSA) is 87.3 Å². The highest BCUT2D eigenvalue weighted by Gasteiger charge is 2.20. The van der Waals surface area contributed by atoms with E-state index in [4.69, 9.17) is 0 Å². The van der Waals surface area contributed by atoms with E-state index in [0.717, 1.165) is 25.7 Å². The van der Waals surface area contributed by atoms with Crippen LogP contribution in [0.3, 0.4) is 0 Å². The molecule has 1 saturated carbocycles. The lowest BCUT2D eigenvalue weighted by Gasteiger charge is -2.22.